The molecule has 2 amide bonds. The summed E-state index contributed by atoms with van der Waals surface area (Å²) in [5.41, 5.74) is 3.45. The van der Waals surface area contributed by atoms with E-state index in [2.05, 4.69) is 10.6 Å². The summed E-state index contributed by atoms with van der Waals surface area (Å²) in [7, 11) is 0. The summed E-state index contributed by atoms with van der Waals surface area (Å²) in [5.74, 6) is -1.94. The number of anilines is 2. The molecule has 0 spiro atoms. The molecule has 0 bridgehead atoms. The number of aryl methyl sites for hydroxylation is 2. The van der Waals surface area contributed by atoms with Crippen molar-refractivity contribution in [3.63, 3.8) is 0 Å². The van der Waals surface area contributed by atoms with Crippen LogP contribution >= 0.6 is 0 Å². The highest BCUT2D eigenvalue weighted by molar-refractivity contribution is 5.95. The molecule has 31 heavy (non-hydrogen) atoms. The second-order valence-corrected chi connectivity index (χ2v) is 6.87. The lowest BCUT2D eigenvalue weighted by molar-refractivity contribution is -0.147. The second kappa shape index (κ2) is 11.5. The molecule has 8 heteroatoms. The quantitative estimate of drug-likeness (QED) is 0.595. The van der Waals surface area contributed by atoms with Crippen molar-refractivity contribution in [2.45, 2.75) is 33.6 Å². The number of esters is 2. The molecule has 8 nitrogen and oxygen atoms in total. The fourth-order valence-corrected chi connectivity index (χ4v) is 2.62. The number of carbonyl (C=O) groups is 4. The Morgan fingerprint density at radius 3 is 2.23 bits per heavy atom. The van der Waals surface area contributed by atoms with Gasteiger partial charge < -0.3 is 20.1 Å². The zero-order valence-corrected chi connectivity index (χ0v) is 17.8. The van der Waals surface area contributed by atoms with E-state index in [1.54, 1.807) is 19.1 Å². The van der Waals surface area contributed by atoms with E-state index < -0.39 is 24.5 Å². The Labute approximate surface area is 180 Å². The second-order valence-electron chi connectivity index (χ2n) is 6.87. The highest BCUT2D eigenvalue weighted by atomic mass is 16.5. The molecule has 0 aliphatic carbocycles. The predicted molar refractivity (Wildman–Crippen MR) is 116 cm³/mol. The van der Waals surface area contributed by atoms with Crippen molar-refractivity contribution in [3.8, 4) is 0 Å². The Hall–Kier alpha value is -3.68. The zero-order valence-electron chi connectivity index (χ0n) is 17.8. The maximum absolute atomic E-state index is 12.0. The molecule has 0 radical (unpaired) electrons. The third kappa shape index (κ3) is 7.93. The van der Waals surface area contributed by atoms with Crippen LogP contribution in [-0.2, 0) is 23.9 Å². The number of nitrogens with one attached hydrogen (secondary N) is 2. The van der Waals surface area contributed by atoms with Crippen LogP contribution < -0.4 is 10.6 Å². The third-order valence-electron chi connectivity index (χ3n) is 4.27. The van der Waals surface area contributed by atoms with E-state index in [0.717, 1.165) is 11.1 Å². The standard InChI is InChI=1S/C23H26N2O6/c1-4-30-23(29)17-7-9-18(10-8-17)24-21(27)14-31-22(28)12-11-20(26)25-19-13-15(2)5-6-16(19)3/h5-10,13H,4,11-12,14H2,1-3H3,(H,24,27)(H,25,26). The Morgan fingerprint density at radius 2 is 1.55 bits per heavy atom. The van der Waals surface area contributed by atoms with E-state index in [1.807, 2.05) is 32.0 Å². The van der Waals surface area contributed by atoms with Crippen LogP contribution in [0, 0.1) is 13.8 Å². The molecule has 2 aromatic carbocycles. The molecule has 2 aromatic rings. The number of carbonyl (C=O) groups excluding carboxylic acids is 4. The fraction of sp³-hybridized carbons (Fsp3) is 0.304. The van der Waals surface area contributed by atoms with Gasteiger partial charge >= 0.3 is 11.9 Å². The molecular weight excluding hydrogens is 400 g/mol. The molecule has 0 aromatic heterocycles. The van der Waals surface area contributed by atoms with Gasteiger partial charge in [-0.2, -0.15) is 0 Å². The highest BCUT2D eigenvalue weighted by Crippen LogP contribution is 2.16. The summed E-state index contributed by atoms with van der Waals surface area (Å²) in [4.78, 5) is 47.4. The molecule has 0 saturated carbocycles. The number of amides is 2. The van der Waals surface area contributed by atoms with Crippen molar-refractivity contribution in [2.75, 3.05) is 23.8 Å². The van der Waals surface area contributed by atoms with Gasteiger partial charge in [0.2, 0.25) is 5.91 Å². The summed E-state index contributed by atoms with van der Waals surface area (Å²) in [6.45, 7) is 5.32. The first-order valence-corrected chi connectivity index (χ1v) is 9.88. The lowest BCUT2D eigenvalue weighted by Gasteiger charge is -2.10. The van der Waals surface area contributed by atoms with Crippen LogP contribution in [0.4, 0.5) is 11.4 Å². The van der Waals surface area contributed by atoms with Crippen LogP contribution in [0.1, 0.15) is 41.3 Å². The topological polar surface area (TPSA) is 111 Å². The van der Waals surface area contributed by atoms with Gasteiger partial charge in [0.25, 0.3) is 5.91 Å². The summed E-state index contributed by atoms with van der Waals surface area (Å²) in [6.07, 6.45) is -0.193. The largest absolute Gasteiger partial charge is 0.462 e. The molecule has 0 aliphatic rings. The predicted octanol–water partition coefficient (Wildman–Crippen LogP) is 3.38. The van der Waals surface area contributed by atoms with Gasteiger partial charge in [0.1, 0.15) is 0 Å². The highest BCUT2D eigenvalue weighted by Gasteiger charge is 2.12. The van der Waals surface area contributed by atoms with Crippen LogP contribution in [-0.4, -0.2) is 37.0 Å². The van der Waals surface area contributed by atoms with E-state index in [9.17, 15) is 19.2 Å². The number of hydrogen-bond acceptors (Lipinski definition) is 6. The molecule has 0 atom stereocenters. The third-order valence-corrected chi connectivity index (χ3v) is 4.27. The SMILES string of the molecule is CCOC(=O)c1ccc(NC(=O)COC(=O)CCC(=O)Nc2cc(C)ccc2C)cc1. The Kier molecular flexibility index (Phi) is 8.75. The Balaban J connectivity index is 1.72. The summed E-state index contributed by atoms with van der Waals surface area (Å²) >= 11 is 0. The van der Waals surface area contributed by atoms with Crippen molar-refractivity contribution < 1.29 is 28.7 Å². The summed E-state index contributed by atoms with van der Waals surface area (Å²) < 4.78 is 9.79. The van der Waals surface area contributed by atoms with E-state index >= 15 is 0 Å². The first-order chi connectivity index (χ1) is 14.8. The van der Waals surface area contributed by atoms with Gasteiger partial charge in [-0.05, 0) is 62.2 Å². The maximum atomic E-state index is 12.0. The first-order valence-electron chi connectivity index (χ1n) is 9.88. The van der Waals surface area contributed by atoms with Crippen molar-refractivity contribution in [3.05, 3.63) is 59.2 Å². The van der Waals surface area contributed by atoms with Gasteiger partial charge in [0.05, 0.1) is 18.6 Å². The average Bonchev–Trinajstić information content (AvgIpc) is 2.74. The molecule has 0 aliphatic heterocycles. The molecule has 2 N–H and O–H groups in total. The van der Waals surface area contributed by atoms with E-state index in [0.29, 0.717) is 16.9 Å². The molecule has 0 saturated heterocycles. The van der Waals surface area contributed by atoms with Crippen molar-refractivity contribution in [1.29, 1.82) is 0 Å². The number of benzene rings is 2. The Bertz CT molecular complexity index is 953. The Morgan fingerprint density at radius 1 is 0.839 bits per heavy atom. The van der Waals surface area contributed by atoms with Crippen molar-refractivity contribution >= 4 is 35.1 Å². The van der Waals surface area contributed by atoms with Crippen LogP contribution in [0.25, 0.3) is 0 Å². The normalized spacial score (nSPS) is 10.2. The minimum Gasteiger partial charge on any atom is -0.462 e. The maximum Gasteiger partial charge on any atom is 0.338 e. The molecular formula is C23H26N2O6. The van der Waals surface area contributed by atoms with Crippen LogP contribution in [0.3, 0.4) is 0 Å². The molecule has 2 rings (SSSR count). The summed E-state index contributed by atoms with van der Waals surface area (Å²) in [6, 6.07) is 11.8. The van der Waals surface area contributed by atoms with Gasteiger partial charge in [-0.25, -0.2) is 4.79 Å². The number of ether oxygens (including phenoxy) is 2. The van der Waals surface area contributed by atoms with Gasteiger partial charge in [-0.1, -0.05) is 12.1 Å². The van der Waals surface area contributed by atoms with E-state index in [4.69, 9.17) is 9.47 Å². The van der Waals surface area contributed by atoms with Crippen molar-refractivity contribution in [2.24, 2.45) is 0 Å². The average molecular weight is 426 g/mol. The molecule has 0 fully saturated rings. The number of rotatable bonds is 9. The summed E-state index contributed by atoms with van der Waals surface area (Å²) in [5, 5.41) is 5.32. The first kappa shape index (κ1) is 23.6. The number of hydrogen-bond donors (Lipinski definition) is 2. The van der Waals surface area contributed by atoms with Crippen LogP contribution in [0.15, 0.2) is 42.5 Å². The van der Waals surface area contributed by atoms with Crippen LogP contribution in [0.2, 0.25) is 0 Å². The van der Waals surface area contributed by atoms with Crippen LogP contribution in [0.5, 0.6) is 0 Å². The fourth-order valence-electron chi connectivity index (χ4n) is 2.62. The van der Waals surface area contributed by atoms with E-state index in [-0.39, 0.29) is 25.4 Å². The monoisotopic (exact) mass is 426 g/mol. The van der Waals surface area contributed by atoms with Gasteiger partial charge in [0.15, 0.2) is 6.61 Å². The molecule has 164 valence electrons. The lowest BCUT2D eigenvalue weighted by atomic mass is 10.1. The minimum absolute atomic E-state index is 0.0524. The zero-order chi connectivity index (χ0) is 22.8. The minimum atomic E-state index is -0.649. The lowest BCUT2D eigenvalue weighted by Crippen LogP contribution is -2.22. The molecule has 0 heterocycles. The molecule has 0 unspecified atom stereocenters. The van der Waals surface area contributed by atoms with Gasteiger partial charge in [-0.15, -0.1) is 0 Å². The smallest absolute Gasteiger partial charge is 0.338 e. The van der Waals surface area contributed by atoms with E-state index in [1.165, 1.54) is 12.1 Å². The van der Waals surface area contributed by atoms with Gasteiger partial charge in [-0.3, -0.25) is 14.4 Å². The van der Waals surface area contributed by atoms with Crippen molar-refractivity contribution in [1.82, 2.24) is 0 Å². The van der Waals surface area contributed by atoms with Gasteiger partial charge in [0, 0.05) is 17.8 Å².